The number of hydrogen-bond donors (Lipinski definition) is 1. The Morgan fingerprint density at radius 1 is 1.07 bits per heavy atom. The average molecular weight is 396 g/mol. The Morgan fingerprint density at radius 2 is 1.97 bits per heavy atom. The molecule has 2 aliphatic heterocycles. The van der Waals surface area contributed by atoms with Gasteiger partial charge in [0.2, 0.25) is 5.95 Å². The van der Waals surface area contributed by atoms with Gasteiger partial charge in [-0.25, -0.2) is 9.67 Å². The van der Waals surface area contributed by atoms with Crippen molar-refractivity contribution < 1.29 is 14.6 Å². The number of rotatable bonds is 4. The Labute approximate surface area is 168 Å². The van der Waals surface area contributed by atoms with Crippen molar-refractivity contribution in [3.8, 4) is 11.4 Å². The zero-order valence-corrected chi connectivity index (χ0v) is 16.2. The van der Waals surface area contributed by atoms with Gasteiger partial charge in [-0.05, 0) is 25.3 Å². The number of aliphatic hydroxyl groups excluding tert-OH is 1. The number of nitrogens with zero attached hydrogens (tertiary/aromatic N) is 6. The first-order chi connectivity index (χ1) is 14.3. The topological polar surface area (TPSA) is 98.4 Å². The monoisotopic (exact) mass is 396 g/mol. The van der Waals surface area contributed by atoms with Gasteiger partial charge in [0.1, 0.15) is 12.8 Å². The van der Waals surface area contributed by atoms with Crippen LogP contribution in [-0.4, -0.2) is 62.7 Å². The van der Waals surface area contributed by atoms with Crippen LogP contribution in [0.1, 0.15) is 31.3 Å². The highest BCUT2D eigenvalue weighted by atomic mass is 16.5. The molecule has 29 heavy (non-hydrogen) atoms. The van der Waals surface area contributed by atoms with Crippen molar-refractivity contribution in [3.63, 3.8) is 0 Å². The van der Waals surface area contributed by atoms with Crippen LogP contribution >= 0.6 is 0 Å². The van der Waals surface area contributed by atoms with Gasteiger partial charge in [-0.15, -0.1) is 0 Å². The Balaban J connectivity index is 1.56. The highest BCUT2D eigenvalue weighted by molar-refractivity contribution is 5.92. The van der Waals surface area contributed by atoms with E-state index in [0.29, 0.717) is 30.8 Å². The molecule has 1 aromatic carbocycles. The molecule has 9 nitrogen and oxygen atoms in total. The fourth-order valence-electron chi connectivity index (χ4n) is 3.84. The molecule has 2 aromatic heterocycles. The molecule has 4 heterocycles. The Bertz CT molecular complexity index is 995. The second-order valence-corrected chi connectivity index (χ2v) is 7.30. The first-order valence-electron chi connectivity index (χ1n) is 10.1. The van der Waals surface area contributed by atoms with Crippen molar-refractivity contribution >= 4 is 16.9 Å². The van der Waals surface area contributed by atoms with E-state index in [4.69, 9.17) is 19.6 Å². The minimum absolute atomic E-state index is 0.0285. The summed E-state index contributed by atoms with van der Waals surface area (Å²) in [6.45, 7) is 3.24. The molecule has 152 valence electrons. The lowest BCUT2D eigenvalue weighted by molar-refractivity contribution is -0.0390. The Hall–Kier alpha value is -2.62. The summed E-state index contributed by atoms with van der Waals surface area (Å²) in [7, 11) is 0. The summed E-state index contributed by atoms with van der Waals surface area (Å²) in [5.74, 6) is 1.47. The molecule has 0 aliphatic carbocycles. The number of anilines is 1. The first-order valence-corrected chi connectivity index (χ1v) is 10.1. The second-order valence-electron chi connectivity index (χ2n) is 7.30. The van der Waals surface area contributed by atoms with E-state index in [9.17, 15) is 5.11 Å². The predicted octanol–water partition coefficient (Wildman–Crippen LogP) is 1.92. The van der Waals surface area contributed by atoms with E-state index in [1.54, 1.807) is 0 Å². The molecule has 0 spiro atoms. The van der Waals surface area contributed by atoms with Crippen molar-refractivity contribution in [2.45, 2.75) is 32.1 Å². The summed E-state index contributed by atoms with van der Waals surface area (Å²) in [5.41, 5.74) is 1.74. The average Bonchev–Trinajstić information content (AvgIpc) is 3.24. The minimum Gasteiger partial charge on any atom is -0.388 e. The van der Waals surface area contributed by atoms with Gasteiger partial charge in [0.15, 0.2) is 11.6 Å². The lowest BCUT2D eigenvalue weighted by Gasteiger charge is -2.27. The van der Waals surface area contributed by atoms with Crippen LogP contribution in [0.3, 0.4) is 0 Å². The maximum absolute atomic E-state index is 9.69. The van der Waals surface area contributed by atoms with Crippen molar-refractivity contribution in [1.82, 2.24) is 24.7 Å². The highest BCUT2D eigenvalue weighted by Gasteiger charge is 2.21. The molecule has 1 atom stereocenters. The number of ether oxygens (including phenoxy) is 2. The summed E-state index contributed by atoms with van der Waals surface area (Å²) < 4.78 is 13.2. The van der Waals surface area contributed by atoms with Crippen LogP contribution in [0, 0.1) is 0 Å². The van der Waals surface area contributed by atoms with Crippen LogP contribution < -0.4 is 4.90 Å². The number of fused-ring (bicyclic) bond motifs is 1. The van der Waals surface area contributed by atoms with E-state index < -0.39 is 0 Å². The van der Waals surface area contributed by atoms with Crippen LogP contribution in [0.5, 0.6) is 0 Å². The van der Waals surface area contributed by atoms with Crippen molar-refractivity contribution in [2.75, 3.05) is 37.8 Å². The maximum Gasteiger partial charge on any atom is 0.229 e. The predicted molar refractivity (Wildman–Crippen MR) is 106 cm³/mol. The molecule has 2 saturated heterocycles. The number of aromatic nitrogens is 5. The van der Waals surface area contributed by atoms with E-state index in [1.807, 2.05) is 29.1 Å². The molecule has 2 fully saturated rings. The standard InChI is InChI=1S/C20H24N6O3/c27-13-17-21-19(23-20(22-17)25-7-10-28-11-8-25)14-4-3-5-16-15(14)12-26(24-16)18-6-1-2-9-29-18/h3-5,12,18,27H,1-2,6-11,13H2. The fourth-order valence-corrected chi connectivity index (χ4v) is 3.84. The molecule has 0 saturated carbocycles. The van der Waals surface area contributed by atoms with Gasteiger partial charge < -0.3 is 19.5 Å². The normalized spacial score (nSPS) is 20.3. The van der Waals surface area contributed by atoms with Crippen molar-refractivity contribution in [2.24, 2.45) is 0 Å². The summed E-state index contributed by atoms with van der Waals surface area (Å²) in [5, 5.41) is 15.4. The summed E-state index contributed by atoms with van der Waals surface area (Å²) >= 11 is 0. The fraction of sp³-hybridized carbons (Fsp3) is 0.500. The van der Waals surface area contributed by atoms with Gasteiger partial charge in [0.05, 0.1) is 18.7 Å². The van der Waals surface area contributed by atoms with Crippen LogP contribution in [0.2, 0.25) is 0 Å². The third-order valence-corrected chi connectivity index (χ3v) is 5.36. The molecule has 1 unspecified atom stereocenters. The molecular formula is C20H24N6O3. The van der Waals surface area contributed by atoms with Crippen LogP contribution in [0.4, 0.5) is 5.95 Å². The summed E-state index contributed by atoms with van der Waals surface area (Å²) in [6.07, 6.45) is 5.19. The first kappa shape index (κ1) is 18.4. The van der Waals surface area contributed by atoms with Crippen molar-refractivity contribution in [3.05, 3.63) is 30.2 Å². The second kappa shape index (κ2) is 8.02. The van der Waals surface area contributed by atoms with Crippen LogP contribution in [-0.2, 0) is 16.1 Å². The Kier molecular flexibility index (Phi) is 5.09. The van der Waals surface area contributed by atoms with E-state index in [0.717, 1.165) is 55.4 Å². The molecule has 0 radical (unpaired) electrons. The lowest BCUT2D eigenvalue weighted by atomic mass is 10.1. The third kappa shape index (κ3) is 3.68. The highest BCUT2D eigenvalue weighted by Crippen LogP contribution is 2.30. The zero-order valence-electron chi connectivity index (χ0n) is 16.2. The van der Waals surface area contributed by atoms with E-state index in [2.05, 4.69) is 14.9 Å². The maximum atomic E-state index is 9.69. The summed E-state index contributed by atoms with van der Waals surface area (Å²) in [6, 6.07) is 5.92. The molecule has 9 heteroatoms. The molecule has 2 aliphatic rings. The van der Waals surface area contributed by atoms with Gasteiger partial charge in [0, 0.05) is 36.8 Å². The largest absolute Gasteiger partial charge is 0.388 e. The SMILES string of the molecule is OCc1nc(-c2cccc3nn(C4CCCCO4)cc23)nc(N2CCOCC2)n1. The van der Waals surface area contributed by atoms with Crippen molar-refractivity contribution in [1.29, 1.82) is 0 Å². The molecule has 5 rings (SSSR count). The molecular weight excluding hydrogens is 372 g/mol. The number of hydrogen-bond acceptors (Lipinski definition) is 8. The zero-order chi connectivity index (χ0) is 19.6. The molecule has 0 amide bonds. The quantitative estimate of drug-likeness (QED) is 0.714. The van der Waals surface area contributed by atoms with E-state index in [-0.39, 0.29) is 12.8 Å². The number of aliphatic hydroxyl groups is 1. The Morgan fingerprint density at radius 3 is 2.76 bits per heavy atom. The van der Waals surface area contributed by atoms with Gasteiger partial charge in [0.25, 0.3) is 0 Å². The number of morpholine rings is 1. The van der Waals surface area contributed by atoms with Gasteiger partial charge in [-0.1, -0.05) is 12.1 Å². The van der Waals surface area contributed by atoms with E-state index in [1.165, 1.54) is 0 Å². The van der Waals surface area contributed by atoms with E-state index >= 15 is 0 Å². The van der Waals surface area contributed by atoms with Gasteiger partial charge >= 0.3 is 0 Å². The summed E-state index contributed by atoms with van der Waals surface area (Å²) in [4.78, 5) is 15.7. The van der Waals surface area contributed by atoms with Gasteiger partial charge in [-0.3, -0.25) is 0 Å². The third-order valence-electron chi connectivity index (χ3n) is 5.36. The van der Waals surface area contributed by atoms with Crippen LogP contribution in [0.15, 0.2) is 24.4 Å². The van der Waals surface area contributed by atoms with Gasteiger partial charge in [-0.2, -0.15) is 15.1 Å². The smallest absolute Gasteiger partial charge is 0.229 e. The molecule has 3 aromatic rings. The molecule has 0 bridgehead atoms. The lowest BCUT2D eigenvalue weighted by Crippen LogP contribution is -2.37. The minimum atomic E-state index is -0.238. The number of benzene rings is 1. The molecule has 1 N–H and O–H groups in total. The van der Waals surface area contributed by atoms with Crippen LogP contribution in [0.25, 0.3) is 22.3 Å².